The van der Waals surface area contributed by atoms with Crippen LogP contribution in [0.15, 0.2) is 24.3 Å². The lowest BCUT2D eigenvalue weighted by molar-refractivity contribution is -0.145. The standard InChI is InChI=1S/C12H13NO6/c1-19-8-4-2-7(3-5-8)11(16)13-9(12(17)18)6-10(14)15/h2-5,9H,6H2,1H3,(H,13,16)(H,14,15)(H,17,18)/t9-/m0/s1. The molecule has 1 rings (SSSR count). The third kappa shape index (κ3) is 4.30. The lowest BCUT2D eigenvalue weighted by Crippen LogP contribution is -2.42. The Kier molecular flexibility index (Phi) is 4.87. The minimum Gasteiger partial charge on any atom is -0.497 e. The van der Waals surface area contributed by atoms with Crippen LogP contribution in [0, 0.1) is 0 Å². The van der Waals surface area contributed by atoms with Gasteiger partial charge in [0, 0.05) is 5.56 Å². The highest BCUT2D eigenvalue weighted by atomic mass is 16.5. The van der Waals surface area contributed by atoms with Crippen molar-refractivity contribution in [3.05, 3.63) is 29.8 Å². The first-order chi connectivity index (χ1) is 8.93. The first-order valence-electron chi connectivity index (χ1n) is 5.33. The summed E-state index contributed by atoms with van der Waals surface area (Å²) < 4.78 is 4.92. The van der Waals surface area contributed by atoms with Gasteiger partial charge in [0.05, 0.1) is 13.5 Å². The van der Waals surface area contributed by atoms with Crippen LogP contribution in [-0.4, -0.2) is 41.2 Å². The number of carboxylic acids is 2. The van der Waals surface area contributed by atoms with Crippen molar-refractivity contribution in [2.45, 2.75) is 12.5 Å². The van der Waals surface area contributed by atoms with Crippen LogP contribution < -0.4 is 10.1 Å². The maximum absolute atomic E-state index is 11.7. The summed E-state index contributed by atoms with van der Waals surface area (Å²) in [4.78, 5) is 33.0. The molecule has 1 aromatic carbocycles. The summed E-state index contributed by atoms with van der Waals surface area (Å²) in [7, 11) is 1.47. The molecule has 7 nitrogen and oxygen atoms in total. The molecule has 0 aromatic heterocycles. The van der Waals surface area contributed by atoms with Gasteiger partial charge in [-0.3, -0.25) is 9.59 Å². The van der Waals surface area contributed by atoms with Crippen LogP contribution in [0.4, 0.5) is 0 Å². The first-order valence-corrected chi connectivity index (χ1v) is 5.33. The van der Waals surface area contributed by atoms with Crippen molar-refractivity contribution in [1.82, 2.24) is 5.32 Å². The number of nitrogens with one attached hydrogen (secondary N) is 1. The largest absolute Gasteiger partial charge is 0.497 e. The minimum atomic E-state index is -1.47. The average molecular weight is 267 g/mol. The van der Waals surface area contributed by atoms with Crippen molar-refractivity contribution in [1.29, 1.82) is 0 Å². The molecular weight excluding hydrogens is 254 g/mol. The van der Waals surface area contributed by atoms with Crippen molar-refractivity contribution in [3.63, 3.8) is 0 Å². The summed E-state index contributed by atoms with van der Waals surface area (Å²) >= 11 is 0. The van der Waals surface area contributed by atoms with E-state index in [-0.39, 0.29) is 5.56 Å². The second kappa shape index (κ2) is 6.39. The zero-order chi connectivity index (χ0) is 14.4. The van der Waals surface area contributed by atoms with Crippen LogP contribution in [-0.2, 0) is 9.59 Å². The van der Waals surface area contributed by atoms with E-state index in [1.165, 1.54) is 19.2 Å². The van der Waals surface area contributed by atoms with Crippen molar-refractivity contribution in [3.8, 4) is 5.75 Å². The van der Waals surface area contributed by atoms with Gasteiger partial charge in [0.15, 0.2) is 0 Å². The first kappa shape index (κ1) is 14.5. The average Bonchev–Trinajstić information content (AvgIpc) is 2.37. The molecule has 0 heterocycles. The summed E-state index contributed by atoms with van der Waals surface area (Å²) in [5, 5.41) is 19.5. The van der Waals surface area contributed by atoms with E-state index in [4.69, 9.17) is 14.9 Å². The Morgan fingerprint density at radius 2 is 1.79 bits per heavy atom. The predicted molar refractivity (Wildman–Crippen MR) is 64.1 cm³/mol. The topological polar surface area (TPSA) is 113 Å². The number of amides is 1. The number of ether oxygens (including phenoxy) is 1. The van der Waals surface area contributed by atoms with E-state index in [9.17, 15) is 14.4 Å². The second-order valence-electron chi connectivity index (χ2n) is 3.69. The molecule has 7 heteroatoms. The van der Waals surface area contributed by atoms with E-state index in [0.717, 1.165) is 0 Å². The number of hydrogen-bond donors (Lipinski definition) is 3. The Labute approximate surface area is 108 Å². The molecule has 0 fully saturated rings. The summed E-state index contributed by atoms with van der Waals surface area (Å²) in [5.74, 6) is -2.81. The summed E-state index contributed by atoms with van der Waals surface area (Å²) in [6, 6.07) is 4.53. The van der Waals surface area contributed by atoms with Crippen LogP contribution >= 0.6 is 0 Å². The van der Waals surface area contributed by atoms with E-state index in [0.29, 0.717) is 5.75 Å². The van der Waals surface area contributed by atoms with Crippen LogP contribution in [0.3, 0.4) is 0 Å². The number of carbonyl (C=O) groups excluding carboxylic acids is 1. The Hall–Kier alpha value is -2.57. The van der Waals surface area contributed by atoms with Gasteiger partial charge in [0.25, 0.3) is 5.91 Å². The Morgan fingerprint density at radius 1 is 1.21 bits per heavy atom. The van der Waals surface area contributed by atoms with Crippen molar-refractivity contribution < 1.29 is 29.3 Å². The number of aliphatic carboxylic acids is 2. The molecule has 0 aliphatic rings. The predicted octanol–water partition coefficient (Wildman–Crippen LogP) is 0.353. The van der Waals surface area contributed by atoms with E-state index in [1.807, 2.05) is 0 Å². The van der Waals surface area contributed by atoms with Gasteiger partial charge < -0.3 is 20.3 Å². The lowest BCUT2D eigenvalue weighted by Gasteiger charge is -2.12. The highest BCUT2D eigenvalue weighted by molar-refractivity contribution is 5.97. The highest BCUT2D eigenvalue weighted by Crippen LogP contribution is 2.11. The molecule has 0 aliphatic heterocycles. The van der Waals surface area contributed by atoms with Crippen molar-refractivity contribution >= 4 is 17.8 Å². The number of hydrogen-bond acceptors (Lipinski definition) is 4. The highest BCUT2D eigenvalue weighted by Gasteiger charge is 2.23. The van der Waals surface area contributed by atoms with Crippen LogP contribution in [0.5, 0.6) is 5.75 Å². The molecule has 1 amide bonds. The molecule has 0 unspecified atom stereocenters. The van der Waals surface area contributed by atoms with Crippen molar-refractivity contribution in [2.75, 3.05) is 7.11 Å². The van der Waals surface area contributed by atoms with Crippen molar-refractivity contribution in [2.24, 2.45) is 0 Å². The molecule has 1 atom stereocenters. The summed E-state index contributed by atoms with van der Waals surface area (Å²) in [6.45, 7) is 0. The molecule has 0 spiro atoms. The van der Waals surface area contributed by atoms with Gasteiger partial charge >= 0.3 is 11.9 Å². The minimum absolute atomic E-state index is 0.220. The maximum atomic E-state index is 11.7. The molecule has 0 radical (unpaired) electrons. The monoisotopic (exact) mass is 267 g/mol. The molecule has 102 valence electrons. The molecule has 0 aliphatic carbocycles. The maximum Gasteiger partial charge on any atom is 0.326 e. The fraction of sp³-hybridized carbons (Fsp3) is 0.250. The molecule has 3 N–H and O–H groups in total. The van der Waals surface area contributed by atoms with Gasteiger partial charge in [-0.1, -0.05) is 0 Å². The van der Waals surface area contributed by atoms with E-state index in [2.05, 4.69) is 5.32 Å². The normalized spacial score (nSPS) is 11.4. The number of methoxy groups -OCH3 is 1. The lowest BCUT2D eigenvalue weighted by atomic mass is 10.1. The van der Waals surface area contributed by atoms with Gasteiger partial charge in [-0.15, -0.1) is 0 Å². The molecular formula is C12H13NO6. The van der Waals surface area contributed by atoms with E-state index in [1.54, 1.807) is 12.1 Å². The smallest absolute Gasteiger partial charge is 0.326 e. The Morgan fingerprint density at radius 3 is 2.21 bits per heavy atom. The third-order valence-corrected chi connectivity index (χ3v) is 2.33. The SMILES string of the molecule is COc1ccc(C(=O)N[C@@H](CC(=O)O)C(=O)O)cc1. The molecule has 0 bridgehead atoms. The fourth-order valence-electron chi connectivity index (χ4n) is 1.36. The van der Waals surface area contributed by atoms with Gasteiger partial charge in [0.1, 0.15) is 11.8 Å². The van der Waals surface area contributed by atoms with Gasteiger partial charge in [-0.25, -0.2) is 4.79 Å². The zero-order valence-electron chi connectivity index (χ0n) is 10.1. The summed E-state index contributed by atoms with van der Waals surface area (Å²) in [5.41, 5.74) is 0.220. The van der Waals surface area contributed by atoms with Gasteiger partial charge in [-0.05, 0) is 24.3 Å². The number of benzene rings is 1. The molecule has 1 aromatic rings. The zero-order valence-corrected chi connectivity index (χ0v) is 10.1. The number of carboxylic acid groups (broad SMARTS) is 2. The Bertz CT molecular complexity index is 481. The number of carbonyl (C=O) groups is 3. The molecule has 19 heavy (non-hydrogen) atoms. The van der Waals surface area contributed by atoms with Crippen LogP contribution in [0.2, 0.25) is 0 Å². The van der Waals surface area contributed by atoms with Gasteiger partial charge in [0.2, 0.25) is 0 Å². The quantitative estimate of drug-likeness (QED) is 0.685. The van der Waals surface area contributed by atoms with Crippen LogP contribution in [0.25, 0.3) is 0 Å². The van der Waals surface area contributed by atoms with Gasteiger partial charge in [-0.2, -0.15) is 0 Å². The van der Waals surface area contributed by atoms with Crippen LogP contribution in [0.1, 0.15) is 16.8 Å². The third-order valence-electron chi connectivity index (χ3n) is 2.33. The Balaban J connectivity index is 2.75. The van der Waals surface area contributed by atoms with E-state index >= 15 is 0 Å². The summed E-state index contributed by atoms with van der Waals surface area (Å²) in [6.07, 6.45) is -0.683. The molecule has 0 saturated carbocycles. The second-order valence-corrected chi connectivity index (χ2v) is 3.69. The fourth-order valence-corrected chi connectivity index (χ4v) is 1.36. The molecule has 0 saturated heterocycles. The van der Waals surface area contributed by atoms with E-state index < -0.39 is 30.3 Å². The number of rotatable bonds is 6.